The SMILES string of the molecule is C#CCCCOC(=O)Nc1cccc2c(=O)n(C3CCC(=O)NC3=O)c(C)nc12. The fourth-order valence-electron chi connectivity index (χ4n) is 3.21. The number of hydrogen-bond donors (Lipinski definition) is 2. The van der Waals surface area contributed by atoms with E-state index in [2.05, 4.69) is 21.5 Å². The Labute approximate surface area is 166 Å². The molecule has 1 atom stereocenters. The van der Waals surface area contributed by atoms with Gasteiger partial charge in [-0.2, -0.15) is 0 Å². The van der Waals surface area contributed by atoms with Crippen LogP contribution in [0.2, 0.25) is 0 Å². The van der Waals surface area contributed by atoms with Crippen molar-refractivity contribution in [3.63, 3.8) is 0 Å². The maximum Gasteiger partial charge on any atom is 0.411 e. The van der Waals surface area contributed by atoms with Crippen molar-refractivity contribution in [3.05, 3.63) is 34.4 Å². The monoisotopic (exact) mass is 396 g/mol. The van der Waals surface area contributed by atoms with Crippen LogP contribution in [0.3, 0.4) is 0 Å². The molecule has 0 spiro atoms. The molecule has 0 aliphatic carbocycles. The fraction of sp³-hybridized carbons (Fsp3) is 0.350. The van der Waals surface area contributed by atoms with Gasteiger partial charge in [-0.3, -0.25) is 29.6 Å². The number of rotatable bonds is 5. The topological polar surface area (TPSA) is 119 Å². The second-order valence-electron chi connectivity index (χ2n) is 6.57. The first kappa shape index (κ1) is 20.1. The number of nitrogens with zero attached hydrogens (tertiary/aromatic N) is 2. The van der Waals surface area contributed by atoms with E-state index in [1.807, 2.05) is 0 Å². The number of unbranched alkanes of at least 4 members (excludes halogenated alkanes) is 1. The van der Waals surface area contributed by atoms with Gasteiger partial charge in [-0.25, -0.2) is 9.78 Å². The summed E-state index contributed by atoms with van der Waals surface area (Å²) in [7, 11) is 0. The number of aromatic nitrogens is 2. The number of fused-ring (bicyclic) bond motifs is 1. The number of carbonyl (C=O) groups excluding carboxylic acids is 3. The van der Waals surface area contributed by atoms with Crippen LogP contribution in [0.1, 0.15) is 37.5 Å². The van der Waals surface area contributed by atoms with E-state index < -0.39 is 23.6 Å². The number of nitrogens with one attached hydrogen (secondary N) is 2. The number of carbonyl (C=O) groups is 3. The van der Waals surface area contributed by atoms with Crippen LogP contribution < -0.4 is 16.2 Å². The molecule has 9 nitrogen and oxygen atoms in total. The lowest BCUT2D eigenvalue weighted by atomic mass is 10.1. The Bertz CT molecular complexity index is 1080. The number of anilines is 1. The molecule has 2 heterocycles. The van der Waals surface area contributed by atoms with Gasteiger partial charge in [0.1, 0.15) is 17.4 Å². The second-order valence-corrected chi connectivity index (χ2v) is 6.57. The first-order chi connectivity index (χ1) is 13.9. The summed E-state index contributed by atoms with van der Waals surface area (Å²) in [5.74, 6) is 1.87. The van der Waals surface area contributed by atoms with Crippen molar-refractivity contribution in [2.45, 2.75) is 38.6 Å². The molecule has 3 rings (SSSR count). The Hall–Kier alpha value is -3.67. The third-order valence-electron chi connectivity index (χ3n) is 4.56. The molecule has 2 aromatic rings. The number of piperidine rings is 1. The van der Waals surface area contributed by atoms with Gasteiger partial charge in [0, 0.05) is 12.8 Å². The molecule has 0 radical (unpaired) electrons. The third-order valence-corrected chi connectivity index (χ3v) is 4.56. The normalized spacial score (nSPS) is 16.2. The summed E-state index contributed by atoms with van der Waals surface area (Å²) in [6.07, 6.45) is 5.90. The minimum absolute atomic E-state index is 0.146. The van der Waals surface area contributed by atoms with E-state index in [0.717, 1.165) is 0 Å². The largest absolute Gasteiger partial charge is 0.449 e. The molecule has 1 saturated heterocycles. The first-order valence-electron chi connectivity index (χ1n) is 9.15. The Morgan fingerprint density at radius 3 is 2.93 bits per heavy atom. The fourth-order valence-corrected chi connectivity index (χ4v) is 3.21. The number of terminal acetylenes is 1. The van der Waals surface area contributed by atoms with Gasteiger partial charge in [-0.1, -0.05) is 6.07 Å². The average Bonchev–Trinajstić information content (AvgIpc) is 2.67. The standard InChI is InChI=1S/C20H20N4O5/c1-3-4-5-11-29-20(28)22-14-8-6-7-13-17(14)21-12(2)24(19(13)27)15-9-10-16(25)23-18(15)26/h1,6-8,15H,4-5,9-11H2,2H3,(H,22,28)(H,23,25,26). The number of amides is 3. The number of hydrogen-bond acceptors (Lipinski definition) is 6. The number of imide groups is 1. The Morgan fingerprint density at radius 2 is 2.21 bits per heavy atom. The van der Waals surface area contributed by atoms with Gasteiger partial charge in [0.25, 0.3) is 5.56 Å². The molecule has 1 aliphatic rings. The smallest absolute Gasteiger partial charge is 0.411 e. The Kier molecular flexibility index (Phi) is 5.93. The minimum Gasteiger partial charge on any atom is -0.449 e. The van der Waals surface area contributed by atoms with Crippen molar-refractivity contribution >= 4 is 34.5 Å². The second kappa shape index (κ2) is 8.56. The highest BCUT2D eigenvalue weighted by atomic mass is 16.5. The molecule has 1 aliphatic heterocycles. The van der Waals surface area contributed by atoms with Crippen LogP contribution in [0.25, 0.3) is 10.9 Å². The maximum absolute atomic E-state index is 13.1. The van der Waals surface area contributed by atoms with Crippen LogP contribution in [-0.4, -0.2) is 34.1 Å². The van der Waals surface area contributed by atoms with E-state index in [0.29, 0.717) is 29.9 Å². The van der Waals surface area contributed by atoms with Crippen LogP contribution in [0.15, 0.2) is 23.0 Å². The zero-order chi connectivity index (χ0) is 21.0. The zero-order valence-electron chi connectivity index (χ0n) is 15.9. The van der Waals surface area contributed by atoms with Crippen LogP contribution in [-0.2, 0) is 14.3 Å². The number of para-hydroxylation sites is 1. The van der Waals surface area contributed by atoms with Crippen LogP contribution in [0.4, 0.5) is 10.5 Å². The molecule has 0 saturated carbocycles. The highest BCUT2D eigenvalue weighted by Gasteiger charge is 2.30. The van der Waals surface area contributed by atoms with Crippen molar-refractivity contribution in [3.8, 4) is 12.3 Å². The van der Waals surface area contributed by atoms with E-state index in [-0.39, 0.29) is 30.7 Å². The van der Waals surface area contributed by atoms with Gasteiger partial charge in [0.05, 0.1) is 17.7 Å². The molecular formula is C20H20N4O5. The molecule has 1 fully saturated rings. The molecule has 2 N–H and O–H groups in total. The lowest BCUT2D eigenvalue weighted by Crippen LogP contribution is -2.45. The summed E-state index contributed by atoms with van der Waals surface area (Å²) in [4.78, 5) is 53.1. The number of aryl methyl sites for hydroxylation is 1. The van der Waals surface area contributed by atoms with Gasteiger partial charge in [-0.05, 0) is 31.9 Å². The van der Waals surface area contributed by atoms with E-state index in [1.54, 1.807) is 25.1 Å². The van der Waals surface area contributed by atoms with Crippen molar-refractivity contribution in [2.24, 2.45) is 0 Å². The predicted molar refractivity (Wildman–Crippen MR) is 105 cm³/mol. The molecule has 3 amide bonds. The van der Waals surface area contributed by atoms with Gasteiger partial charge in [0.15, 0.2) is 0 Å². The maximum atomic E-state index is 13.1. The molecule has 29 heavy (non-hydrogen) atoms. The minimum atomic E-state index is -0.810. The lowest BCUT2D eigenvalue weighted by molar-refractivity contribution is -0.135. The van der Waals surface area contributed by atoms with Gasteiger partial charge >= 0.3 is 6.09 Å². The Morgan fingerprint density at radius 1 is 1.41 bits per heavy atom. The lowest BCUT2D eigenvalue weighted by Gasteiger charge is -2.24. The zero-order valence-corrected chi connectivity index (χ0v) is 15.9. The third kappa shape index (κ3) is 4.27. The van der Waals surface area contributed by atoms with E-state index in [9.17, 15) is 19.2 Å². The summed E-state index contributed by atoms with van der Waals surface area (Å²) in [5, 5.41) is 5.07. The van der Waals surface area contributed by atoms with Gasteiger partial charge in [-0.15, -0.1) is 12.3 Å². The van der Waals surface area contributed by atoms with Crippen molar-refractivity contribution < 1.29 is 19.1 Å². The summed E-state index contributed by atoms with van der Waals surface area (Å²) in [5.41, 5.74) is 0.187. The highest BCUT2D eigenvalue weighted by Crippen LogP contribution is 2.23. The molecule has 1 aromatic carbocycles. The van der Waals surface area contributed by atoms with Crippen molar-refractivity contribution in [1.29, 1.82) is 0 Å². The first-order valence-corrected chi connectivity index (χ1v) is 9.15. The summed E-state index contributed by atoms with van der Waals surface area (Å²) < 4.78 is 6.34. The quantitative estimate of drug-likeness (QED) is 0.451. The van der Waals surface area contributed by atoms with Crippen LogP contribution in [0, 0.1) is 19.3 Å². The molecular weight excluding hydrogens is 376 g/mol. The van der Waals surface area contributed by atoms with E-state index >= 15 is 0 Å². The molecule has 0 bridgehead atoms. The summed E-state index contributed by atoms with van der Waals surface area (Å²) >= 11 is 0. The van der Waals surface area contributed by atoms with Crippen molar-refractivity contribution in [1.82, 2.24) is 14.9 Å². The Balaban J connectivity index is 1.91. The molecule has 150 valence electrons. The molecule has 1 unspecified atom stereocenters. The van der Waals surface area contributed by atoms with E-state index in [4.69, 9.17) is 11.2 Å². The van der Waals surface area contributed by atoms with Gasteiger partial charge in [0.2, 0.25) is 11.8 Å². The van der Waals surface area contributed by atoms with E-state index in [1.165, 1.54) is 4.57 Å². The number of ether oxygens (including phenoxy) is 1. The summed E-state index contributed by atoms with van der Waals surface area (Å²) in [6, 6.07) is 3.96. The average molecular weight is 396 g/mol. The predicted octanol–water partition coefficient (Wildman–Crippen LogP) is 1.64. The highest BCUT2D eigenvalue weighted by molar-refractivity contribution is 6.00. The van der Waals surface area contributed by atoms with Crippen LogP contribution in [0.5, 0.6) is 0 Å². The molecule has 1 aromatic heterocycles. The summed E-state index contributed by atoms with van der Waals surface area (Å²) in [6.45, 7) is 1.77. The van der Waals surface area contributed by atoms with Crippen molar-refractivity contribution in [2.75, 3.05) is 11.9 Å². The van der Waals surface area contributed by atoms with Crippen LogP contribution >= 0.6 is 0 Å². The van der Waals surface area contributed by atoms with Gasteiger partial charge < -0.3 is 4.74 Å². The number of benzene rings is 1. The molecule has 9 heteroatoms.